The van der Waals surface area contributed by atoms with Gasteiger partial charge in [-0.1, -0.05) is 17.5 Å². The lowest BCUT2D eigenvalue weighted by atomic mass is 10.1. The summed E-state index contributed by atoms with van der Waals surface area (Å²) in [5, 5.41) is 3.72. The highest BCUT2D eigenvalue weighted by molar-refractivity contribution is 6.30. The summed E-state index contributed by atoms with van der Waals surface area (Å²) in [4.78, 5) is 0. The molecule has 5 heteroatoms. The van der Waals surface area contributed by atoms with Crippen LogP contribution in [-0.4, -0.2) is 19.8 Å². The zero-order chi connectivity index (χ0) is 13.5. The third-order valence-electron chi connectivity index (χ3n) is 2.21. The van der Waals surface area contributed by atoms with Gasteiger partial charge in [0, 0.05) is 23.2 Å². The van der Waals surface area contributed by atoms with E-state index >= 15 is 0 Å². The largest absolute Gasteiger partial charge is 0.493 e. The van der Waals surface area contributed by atoms with Crippen molar-refractivity contribution in [2.75, 3.05) is 13.7 Å². The van der Waals surface area contributed by atoms with E-state index in [1.807, 2.05) is 19.9 Å². The number of hydrogen-bond acceptors (Lipinski definition) is 3. The lowest BCUT2D eigenvalue weighted by molar-refractivity contribution is 0.227. The lowest BCUT2D eigenvalue weighted by Gasteiger charge is -2.18. The fourth-order valence-electron chi connectivity index (χ4n) is 1.54. The summed E-state index contributed by atoms with van der Waals surface area (Å²) in [5.41, 5.74) is 0.934. The van der Waals surface area contributed by atoms with Gasteiger partial charge in [-0.15, -0.1) is 18.8 Å². The van der Waals surface area contributed by atoms with Gasteiger partial charge in [0.1, 0.15) is 0 Å². The highest BCUT2D eigenvalue weighted by Gasteiger charge is 2.13. The van der Waals surface area contributed by atoms with E-state index in [0.29, 0.717) is 29.6 Å². The van der Waals surface area contributed by atoms with E-state index < -0.39 is 0 Å². The number of terminal acetylenes is 1. The van der Waals surface area contributed by atoms with Crippen molar-refractivity contribution < 1.29 is 9.47 Å². The Morgan fingerprint density at radius 2 is 2.11 bits per heavy atom. The highest BCUT2D eigenvalue weighted by atomic mass is 35.5. The van der Waals surface area contributed by atoms with Gasteiger partial charge in [-0.05, 0) is 19.9 Å². The Morgan fingerprint density at radius 1 is 1.42 bits per heavy atom. The second-order valence-corrected chi connectivity index (χ2v) is 4.51. The predicted octanol–water partition coefficient (Wildman–Crippen LogP) is 3.28. The van der Waals surface area contributed by atoms with E-state index in [0.717, 1.165) is 5.56 Å². The quantitative estimate of drug-likeness (QED) is 0.646. The van der Waals surface area contributed by atoms with Gasteiger partial charge in [0.25, 0.3) is 0 Å². The van der Waals surface area contributed by atoms with Crippen LogP contribution in [0, 0.1) is 12.3 Å². The summed E-state index contributed by atoms with van der Waals surface area (Å²) in [7, 11) is 1.59. The van der Waals surface area contributed by atoms with Crippen molar-refractivity contribution in [2.45, 2.75) is 26.5 Å². The monoisotopic (exact) mass is 303 g/mol. The Kier molecular flexibility index (Phi) is 8.42. The molecule has 0 aliphatic carbocycles. The molecule has 0 spiro atoms. The summed E-state index contributed by atoms with van der Waals surface area (Å²) in [6.45, 7) is 5.01. The second kappa shape index (κ2) is 8.92. The predicted molar refractivity (Wildman–Crippen MR) is 81.6 cm³/mol. The first-order valence-corrected chi connectivity index (χ1v) is 6.13. The summed E-state index contributed by atoms with van der Waals surface area (Å²) < 4.78 is 11.1. The molecule has 1 aromatic carbocycles. The molecule has 106 valence electrons. The van der Waals surface area contributed by atoms with Gasteiger partial charge in [-0.2, -0.15) is 0 Å². The first-order chi connectivity index (χ1) is 8.58. The molecule has 0 unspecified atom stereocenters. The molecule has 0 amide bonds. The van der Waals surface area contributed by atoms with Gasteiger partial charge >= 0.3 is 0 Å². The molecule has 1 rings (SSSR count). The maximum atomic E-state index is 6.05. The zero-order valence-electron chi connectivity index (χ0n) is 11.3. The van der Waals surface area contributed by atoms with Crippen molar-refractivity contribution in [1.29, 1.82) is 0 Å². The Hall–Kier alpha value is -1.08. The standard InChI is InChI=1S/C14H18ClNO2.ClH/c1-5-6-16-9-11-7-12(15)8-13(17-4)14(11)18-10(2)3;/h1,7-8,10,16H,6,9H2,2-4H3;1H. The summed E-state index contributed by atoms with van der Waals surface area (Å²) >= 11 is 6.05. The summed E-state index contributed by atoms with van der Waals surface area (Å²) in [6.07, 6.45) is 5.26. The molecule has 0 atom stereocenters. The molecular weight excluding hydrogens is 285 g/mol. The highest BCUT2D eigenvalue weighted by Crippen LogP contribution is 2.35. The number of rotatable bonds is 6. The number of nitrogens with one attached hydrogen (secondary N) is 1. The molecular formula is C14H19Cl2NO2. The molecule has 1 N–H and O–H groups in total. The van der Waals surface area contributed by atoms with Gasteiger partial charge in [-0.3, -0.25) is 0 Å². The van der Waals surface area contributed by atoms with Crippen LogP contribution in [0.3, 0.4) is 0 Å². The van der Waals surface area contributed by atoms with Gasteiger partial charge < -0.3 is 14.8 Å². The SMILES string of the molecule is C#CCNCc1cc(Cl)cc(OC)c1OC(C)C.Cl. The first kappa shape index (κ1) is 17.9. The maximum absolute atomic E-state index is 6.05. The van der Waals surface area contributed by atoms with E-state index in [1.54, 1.807) is 13.2 Å². The minimum Gasteiger partial charge on any atom is -0.493 e. The zero-order valence-corrected chi connectivity index (χ0v) is 12.9. The van der Waals surface area contributed by atoms with Crippen molar-refractivity contribution in [3.05, 3.63) is 22.7 Å². The third kappa shape index (κ3) is 5.61. The molecule has 0 aliphatic heterocycles. The van der Waals surface area contributed by atoms with Crippen LogP contribution in [0.25, 0.3) is 0 Å². The smallest absolute Gasteiger partial charge is 0.166 e. The van der Waals surface area contributed by atoms with Crippen molar-refractivity contribution in [1.82, 2.24) is 5.32 Å². The van der Waals surface area contributed by atoms with Crippen molar-refractivity contribution in [3.63, 3.8) is 0 Å². The number of benzene rings is 1. The molecule has 3 nitrogen and oxygen atoms in total. The Labute approximate surface area is 126 Å². The molecule has 1 aromatic rings. The van der Waals surface area contributed by atoms with Crippen molar-refractivity contribution >= 4 is 24.0 Å². The number of methoxy groups -OCH3 is 1. The van der Waals surface area contributed by atoms with Crippen LogP contribution in [-0.2, 0) is 6.54 Å². The Bertz CT molecular complexity index is 442. The Balaban J connectivity index is 0.00000324. The maximum Gasteiger partial charge on any atom is 0.166 e. The Morgan fingerprint density at radius 3 is 2.63 bits per heavy atom. The van der Waals surface area contributed by atoms with Crippen LogP contribution in [0.5, 0.6) is 11.5 Å². The molecule has 0 aromatic heterocycles. The lowest BCUT2D eigenvalue weighted by Crippen LogP contribution is -2.16. The third-order valence-corrected chi connectivity index (χ3v) is 2.43. The minimum atomic E-state index is 0. The van der Waals surface area contributed by atoms with Crippen molar-refractivity contribution in [2.24, 2.45) is 0 Å². The van der Waals surface area contributed by atoms with Gasteiger partial charge in [0.15, 0.2) is 11.5 Å². The fraction of sp³-hybridized carbons (Fsp3) is 0.429. The van der Waals surface area contributed by atoms with Crippen LogP contribution < -0.4 is 14.8 Å². The van der Waals surface area contributed by atoms with Gasteiger partial charge in [0.05, 0.1) is 19.8 Å². The van der Waals surface area contributed by atoms with E-state index in [9.17, 15) is 0 Å². The molecule has 19 heavy (non-hydrogen) atoms. The normalized spacial score (nSPS) is 9.68. The first-order valence-electron chi connectivity index (χ1n) is 5.75. The molecule has 0 fully saturated rings. The molecule has 0 saturated carbocycles. The van der Waals surface area contributed by atoms with E-state index in [2.05, 4.69) is 11.2 Å². The minimum absolute atomic E-state index is 0. The molecule has 0 heterocycles. The summed E-state index contributed by atoms with van der Waals surface area (Å²) in [6, 6.07) is 3.59. The number of ether oxygens (including phenoxy) is 2. The molecule has 0 aliphatic rings. The molecule has 0 bridgehead atoms. The second-order valence-electron chi connectivity index (χ2n) is 4.07. The van der Waals surface area contributed by atoms with Crippen LogP contribution in [0.1, 0.15) is 19.4 Å². The van der Waals surface area contributed by atoms with Crippen molar-refractivity contribution in [3.8, 4) is 23.8 Å². The van der Waals surface area contributed by atoms with Crippen LogP contribution >= 0.6 is 24.0 Å². The number of hydrogen-bond donors (Lipinski definition) is 1. The van der Waals surface area contributed by atoms with Crippen LogP contribution in [0.2, 0.25) is 5.02 Å². The average Bonchev–Trinajstić information content (AvgIpc) is 2.31. The number of halogens is 2. The summed E-state index contributed by atoms with van der Waals surface area (Å²) in [5.74, 6) is 3.87. The topological polar surface area (TPSA) is 30.5 Å². The van der Waals surface area contributed by atoms with Gasteiger partial charge in [0.2, 0.25) is 0 Å². The van der Waals surface area contributed by atoms with Crippen LogP contribution in [0.4, 0.5) is 0 Å². The molecule has 0 radical (unpaired) electrons. The van der Waals surface area contributed by atoms with E-state index in [1.165, 1.54) is 0 Å². The molecule has 0 saturated heterocycles. The van der Waals surface area contributed by atoms with Crippen LogP contribution in [0.15, 0.2) is 12.1 Å². The average molecular weight is 304 g/mol. The fourth-order valence-corrected chi connectivity index (χ4v) is 1.78. The van der Waals surface area contributed by atoms with E-state index in [-0.39, 0.29) is 18.5 Å². The van der Waals surface area contributed by atoms with E-state index in [4.69, 9.17) is 27.5 Å². The van der Waals surface area contributed by atoms with Gasteiger partial charge in [-0.25, -0.2) is 0 Å².